The smallest absolute Gasteiger partial charge is 0.175 e. The Labute approximate surface area is 161 Å². The lowest BCUT2D eigenvalue weighted by atomic mass is 10.2. The first-order valence-electron chi connectivity index (χ1n) is 8.13. The molecule has 0 aliphatic rings. The van der Waals surface area contributed by atoms with Crippen molar-refractivity contribution in [2.75, 3.05) is 24.9 Å². The fourth-order valence-electron chi connectivity index (χ4n) is 2.46. The van der Waals surface area contributed by atoms with Crippen LogP contribution >= 0.6 is 12.2 Å². The molecule has 3 aromatic rings. The molecule has 0 atom stereocenters. The Hall–Kier alpha value is -3.13. The van der Waals surface area contributed by atoms with E-state index in [1.807, 2.05) is 18.3 Å². The van der Waals surface area contributed by atoms with Gasteiger partial charge in [0.2, 0.25) is 0 Å². The first-order valence-corrected chi connectivity index (χ1v) is 8.54. The molecule has 140 valence electrons. The van der Waals surface area contributed by atoms with Crippen molar-refractivity contribution >= 4 is 28.7 Å². The molecule has 0 aliphatic carbocycles. The van der Waals surface area contributed by atoms with E-state index in [4.69, 9.17) is 21.7 Å². The lowest BCUT2D eigenvalue weighted by molar-refractivity contribution is 0.395. The molecule has 0 bridgehead atoms. The molecule has 0 unspecified atom stereocenters. The molecule has 3 rings (SSSR count). The second-order valence-corrected chi connectivity index (χ2v) is 6.14. The van der Waals surface area contributed by atoms with Crippen molar-refractivity contribution in [3.8, 4) is 11.5 Å². The Morgan fingerprint density at radius 1 is 1.04 bits per heavy atom. The highest BCUT2D eigenvalue weighted by Gasteiger charge is 2.06. The fraction of sp³-hybridized carbons (Fsp3) is 0.158. The second kappa shape index (κ2) is 8.50. The van der Waals surface area contributed by atoms with Crippen LogP contribution in [-0.2, 0) is 6.54 Å². The van der Waals surface area contributed by atoms with Crippen LogP contribution in [0.5, 0.6) is 11.5 Å². The van der Waals surface area contributed by atoms with E-state index in [2.05, 4.69) is 15.7 Å². The Morgan fingerprint density at radius 2 is 1.67 bits per heavy atom. The zero-order valence-electron chi connectivity index (χ0n) is 14.9. The molecule has 27 heavy (non-hydrogen) atoms. The molecule has 1 heterocycles. The summed E-state index contributed by atoms with van der Waals surface area (Å²) in [6.45, 7) is 0.537. The summed E-state index contributed by atoms with van der Waals surface area (Å²) in [6, 6.07) is 11.7. The first-order chi connectivity index (χ1) is 13.1. The molecule has 0 amide bonds. The number of aromatic nitrogens is 2. The van der Waals surface area contributed by atoms with Gasteiger partial charge in [0, 0.05) is 30.1 Å². The van der Waals surface area contributed by atoms with Crippen LogP contribution in [0.3, 0.4) is 0 Å². The SMILES string of the molecule is COc1cc(NC(=S)Nc2cnn(Cc3ccc(F)cc3)c2)cc(OC)c1. The van der Waals surface area contributed by atoms with Crippen molar-refractivity contribution in [3.63, 3.8) is 0 Å². The maximum Gasteiger partial charge on any atom is 0.175 e. The van der Waals surface area contributed by atoms with E-state index in [1.165, 1.54) is 12.1 Å². The molecule has 0 fully saturated rings. The summed E-state index contributed by atoms with van der Waals surface area (Å²) in [5, 5.41) is 10.9. The van der Waals surface area contributed by atoms with E-state index in [-0.39, 0.29) is 5.82 Å². The summed E-state index contributed by atoms with van der Waals surface area (Å²) >= 11 is 5.35. The average molecular weight is 386 g/mol. The van der Waals surface area contributed by atoms with Gasteiger partial charge in [0.1, 0.15) is 17.3 Å². The van der Waals surface area contributed by atoms with E-state index < -0.39 is 0 Å². The third-order valence-electron chi connectivity index (χ3n) is 3.76. The molecular weight excluding hydrogens is 367 g/mol. The van der Waals surface area contributed by atoms with Crippen molar-refractivity contribution < 1.29 is 13.9 Å². The predicted molar refractivity (Wildman–Crippen MR) is 107 cm³/mol. The largest absolute Gasteiger partial charge is 0.497 e. The van der Waals surface area contributed by atoms with Gasteiger partial charge in [0.05, 0.1) is 32.6 Å². The maximum absolute atomic E-state index is 13.0. The van der Waals surface area contributed by atoms with E-state index in [0.717, 1.165) is 16.9 Å². The summed E-state index contributed by atoms with van der Waals surface area (Å²) in [4.78, 5) is 0. The molecule has 2 aromatic carbocycles. The third-order valence-corrected chi connectivity index (χ3v) is 3.96. The number of thiocarbonyl (C=S) groups is 1. The van der Waals surface area contributed by atoms with Gasteiger partial charge in [-0.05, 0) is 29.9 Å². The summed E-state index contributed by atoms with van der Waals surface area (Å²) < 4.78 is 25.2. The number of nitrogens with zero attached hydrogens (tertiary/aromatic N) is 2. The maximum atomic E-state index is 13.0. The average Bonchev–Trinajstić information content (AvgIpc) is 3.09. The van der Waals surface area contributed by atoms with E-state index in [0.29, 0.717) is 23.2 Å². The Kier molecular flexibility index (Phi) is 5.87. The van der Waals surface area contributed by atoms with Crippen LogP contribution < -0.4 is 20.1 Å². The topological polar surface area (TPSA) is 60.3 Å². The number of hydrogen-bond donors (Lipinski definition) is 2. The summed E-state index contributed by atoms with van der Waals surface area (Å²) in [6.07, 6.45) is 3.49. The zero-order chi connectivity index (χ0) is 19.2. The van der Waals surface area contributed by atoms with E-state index >= 15 is 0 Å². The molecule has 2 N–H and O–H groups in total. The standard InChI is InChI=1S/C19H19FN4O2S/c1-25-17-7-15(8-18(9-17)26-2)22-19(27)23-16-10-21-24(12-16)11-13-3-5-14(20)6-4-13/h3-10,12H,11H2,1-2H3,(H2,22,23,27). The van der Waals surface area contributed by atoms with Gasteiger partial charge >= 0.3 is 0 Å². The van der Waals surface area contributed by atoms with Crippen LogP contribution in [0.1, 0.15) is 5.56 Å². The summed E-state index contributed by atoms with van der Waals surface area (Å²) in [5.41, 5.74) is 2.43. The van der Waals surface area contributed by atoms with Gasteiger partial charge < -0.3 is 20.1 Å². The molecular formula is C19H19FN4O2S. The van der Waals surface area contributed by atoms with E-state index in [9.17, 15) is 4.39 Å². The van der Waals surface area contributed by atoms with Crippen molar-refractivity contribution in [3.05, 3.63) is 66.2 Å². The van der Waals surface area contributed by atoms with Crippen molar-refractivity contribution in [2.24, 2.45) is 0 Å². The molecule has 0 aliphatic heterocycles. The molecule has 1 aromatic heterocycles. The number of nitrogens with one attached hydrogen (secondary N) is 2. The normalized spacial score (nSPS) is 10.3. The van der Waals surface area contributed by atoms with Gasteiger partial charge in [-0.1, -0.05) is 12.1 Å². The number of anilines is 2. The zero-order valence-corrected chi connectivity index (χ0v) is 15.7. The summed E-state index contributed by atoms with van der Waals surface area (Å²) in [7, 11) is 3.18. The molecule has 0 radical (unpaired) electrons. The molecule has 8 heteroatoms. The minimum Gasteiger partial charge on any atom is -0.497 e. The highest BCUT2D eigenvalue weighted by molar-refractivity contribution is 7.80. The fourth-order valence-corrected chi connectivity index (χ4v) is 2.70. The molecule has 0 saturated carbocycles. The van der Waals surface area contributed by atoms with Crippen LogP contribution in [0, 0.1) is 5.82 Å². The minimum absolute atomic E-state index is 0.257. The quantitative estimate of drug-likeness (QED) is 0.627. The number of hydrogen-bond acceptors (Lipinski definition) is 4. The van der Waals surface area contributed by atoms with Gasteiger partial charge in [-0.3, -0.25) is 4.68 Å². The monoisotopic (exact) mass is 386 g/mol. The summed E-state index contributed by atoms with van der Waals surface area (Å²) in [5.74, 6) is 1.06. The van der Waals surface area contributed by atoms with Gasteiger partial charge in [-0.15, -0.1) is 0 Å². The highest BCUT2D eigenvalue weighted by atomic mass is 32.1. The lowest BCUT2D eigenvalue weighted by Crippen LogP contribution is -2.18. The Balaban J connectivity index is 1.61. The molecule has 0 saturated heterocycles. The minimum atomic E-state index is -0.257. The Morgan fingerprint density at radius 3 is 2.30 bits per heavy atom. The predicted octanol–water partition coefficient (Wildman–Crippen LogP) is 3.90. The number of methoxy groups -OCH3 is 2. The van der Waals surface area contributed by atoms with Crippen LogP contribution in [-0.4, -0.2) is 29.1 Å². The van der Waals surface area contributed by atoms with Gasteiger partial charge in [0.25, 0.3) is 0 Å². The first kappa shape index (κ1) is 18.7. The number of ether oxygens (including phenoxy) is 2. The number of rotatable bonds is 6. The third kappa shape index (κ3) is 5.18. The second-order valence-electron chi connectivity index (χ2n) is 5.73. The van der Waals surface area contributed by atoms with Crippen LogP contribution in [0.15, 0.2) is 54.9 Å². The van der Waals surface area contributed by atoms with Crippen molar-refractivity contribution in [2.45, 2.75) is 6.54 Å². The van der Waals surface area contributed by atoms with Gasteiger partial charge in [0.15, 0.2) is 5.11 Å². The highest BCUT2D eigenvalue weighted by Crippen LogP contribution is 2.25. The van der Waals surface area contributed by atoms with Crippen molar-refractivity contribution in [1.29, 1.82) is 0 Å². The molecule has 6 nitrogen and oxygen atoms in total. The van der Waals surface area contributed by atoms with E-state index in [1.54, 1.807) is 43.3 Å². The number of benzene rings is 2. The van der Waals surface area contributed by atoms with Gasteiger partial charge in [-0.2, -0.15) is 5.10 Å². The van der Waals surface area contributed by atoms with Gasteiger partial charge in [-0.25, -0.2) is 4.39 Å². The lowest BCUT2D eigenvalue weighted by Gasteiger charge is -2.12. The molecule has 0 spiro atoms. The van der Waals surface area contributed by atoms with Crippen LogP contribution in [0.4, 0.5) is 15.8 Å². The van der Waals surface area contributed by atoms with Crippen LogP contribution in [0.2, 0.25) is 0 Å². The van der Waals surface area contributed by atoms with Crippen LogP contribution in [0.25, 0.3) is 0 Å². The van der Waals surface area contributed by atoms with Crippen molar-refractivity contribution in [1.82, 2.24) is 9.78 Å². The number of halogens is 1. The Bertz CT molecular complexity index is 905.